The van der Waals surface area contributed by atoms with E-state index in [-0.39, 0.29) is 0 Å². The van der Waals surface area contributed by atoms with Gasteiger partial charge >= 0.3 is 0 Å². The highest BCUT2D eigenvalue weighted by Crippen LogP contribution is 2.34. The number of aromatic nitrogens is 1. The molecule has 1 saturated carbocycles. The summed E-state index contributed by atoms with van der Waals surface area (Å²) < 4.78 is 0. The zero-order valence-electron chi connectivity index (χ0n) is 9.76. The summed E-state index contributed by atoms with van der Waals surface area (Å²) in [6.45, 7) is 2.60. The number of rotatable bonds is 1. The van der Waals surface area contributed by atoms with E-state index in [2.05, 4.69) is 4.98 Å². The lowest BCUT2D eigenvalue weighted by molar-refractivity contribution is -0.127. The van der Waals surface area contributed by atoms with E-state index < -0.39 is 5.79 Å². The first-order valence-electron chi connectivity index (χ1n) is 5.46. The van der Waals surface area contributed by atoms with Gasteiger partial charge in [-0.2, -0.15) is 0 Å². The minimum Gasteiger partial charge on any atom is -0.366 e. The average Bonchev–Trinajstić information content (AvgIpc) is 2.69. The molecule has 16 heavy (non-hydrogen) atoms. The molecular formula is C11H20N2O2S. The molecule has 0 aliphatic heterocycles. The lowest BCUT2D eigenvalue weighted by Gasteiger charge is -2.03. The Kier molecular flexibility index (Phi) is 4.86. The molecule has 1 heterocycles. The fourth-order valence-corrected chi connectivity index (χ4v) is 2.47. The SMILES string of the molecule is CC(C)(O)O.NC1CCC(c2nccs2)C1. The Morgan fingerprint density at radius 3 is 2.44 bits per heavy atom. The van der Waals surface area contributed by atoms with Crippen molar-refractivity contribution in [2.45, 2.75) is 50.9 Å². The zero-order chi connectivity index (χ0) is 12.2. The number of hydrogen-bond donors (Lipinski definition) is 3. The summed E-state index contributed by atoms with van der Waals surface area (Å²) in [7, 11) is 0. The molecule has 0 radical (unpaired) electrons. The molecule has 2 unspecified atom stereocenters. The van der Waals surface area contributed by atoms with Crippen LogP contribution in [0.15, 0.2) is 11.6 Å². The molecule has 1 fully saturated rings. The Bertz CT molecular complexity index is 289. The van der Waals surface area contributed by atoms with Gasteiger partial charge in [0.25, 0.3) is 0 Å². The predicted octanol–water partition coefficient (Wildman–Crippen LogP) is 1.44. The van der Waals surface area contributed by atoms with E-state index in [1.807, 2.05) is 11.6 Å². The maximum atomic E-state index is 8.08. The van der Waals surface area contributed by atoms with Gasteiger partial charge < -0.3 is 15.9 Å². The molecule has 1 aromatic heterocycles. The number of nitrogens with zero attached hydrogens (tertiary/aromatic N) is 1. The zero-order valence-corrected chi connectivity index (χ0v) is 10.6. The van der Waals surface area contributed by atoms with Crippen molar-refractivity contribution in [2.24, 2.45) is 5.73 Å². The minimum absolute atomic E-state index is 0.420. The molecule has 0 saturated heterocycles. The fraction of sp³-hybridized carbons (Fsp3) is 0.727. The molecular weight excluding hydrogens is 224 g/mol. The first-order valence-corrected chi connectivity index (χ1v) is 6.34. The lowest BCUT2D eigenvalue weighted by atomic mass is 10.1. The van der Waals surface area contributed by atoms with Gasteiger partial charge in [0.05, 0.1) is 5.01 Å². The molecule has 2 rings (SSSR count). The second-order valence-corrected chi connectivity index (χ2v) is 5.56. The van der Waals surface area contributed by atoms with Crippen LogP contribution in [0.4, 0.5) is 0 Å². The van der Waals surface area contributed by atoms with E-state index in [4.69, 9.17) is 15.9 Å². The van der Waals surface area contributed by atoms with Crippen LogP contribution < -0.4 is 5.73 Å². The van der Waals surface area contributed by atoms with Crippen LogP contribution in [-0.2, 0) is 0 Å². The number of nitrogens with two attached hydrogens (primary N) is 1. The van der Waals surface area contributed by atoms with Crippen LogP contribution >= 0.6 is 11.3 Å². The molecule has 1 aliphatic carbocycles. The minimum atomic E-state index is -1.50. The Labute approximate surface area is 100 Å². The van der Waals surface area contributed by atoms with Crippen molar-refractivity contribution >= 4 is 11.3 Å². The Morgan fingerprint density at radius 1 is 1.44 bits per heavy atom. The summed E-state index contributed by atoms with van der Waals surface area (Å²) in [4.78, 5) is 4.30. The van der Waals surface area contributed by atoms with Crippen LogP contribution in [0.25, 0.3) is 0 Å². The van der Waals surface area contributed by atoms with Gasteiger partial charge in [0.2, 0.25) is 0 Å². The summed E-state index contributed by atoms with van der Waals surface area (Å²) in [6, 6.07) is 0.420. The highest BCUT2D eigenvalue weighted by atomic mass is 32.1. The van der Waals surface area contributed by atoms with E-state index in [0.29, 0.717) is 12.0 Å². The van der Waals surface area contributed by atoms with Crippen LogP contribution in [0.1, 0.15) is 44.0 Å². The van der Waals surface area contributed by atoms with Crippen molar-refractivity contribution in [3.8, 4) is 0 Å². The maximum absolute atomic E-state index is 8.08. The normalized spacial score (nSPS) is 25.1. The second-order valence-electron chi connectivity index (χ2n) is 4.63. The highest BCUT2D eigenvalue weighted by molar-refractivity contribution is 7.09. The fourth-order valence-electron chi connectivity index (χ4n) is 1.68. The molecule has 4 N–H and O–H groups in total. The van der Waals surface area contributed by atoms with Crippen molar-refractivity contribution in [2.75, 3.05) is 0 Å². The van der Waals surface area contributed by atoms with Gasteiger partial charge in [-0.15, -0.1) is 11.3 Å². The molecule has 5 heteroatoms. The molecule has 0 spiro atoms. The van der Waals surface area contributed by atoms with Gasteiger partial charge in [0.15, 0.2) is 5.79 Å². The quantitative estimate of drug-likeness (QED) is 0.653. The molecule has 4 nitrogen and oxygen atoms in total. The molecule has 1 aromatic rings. The molecule has 0 aromatic carbocycles. The molecule has 1 aliphatic rings. The summed E-state index contributed by atoms with van der Waals surface area (Å²) in [5.74, 6) is -0.843. The predicted molar refractivity (Wildman–Crippen MR) is 65.2 cm³/mol. The van der Waals surface area contributed by atoms with E-state index in [0.717, 1.165) is 6.42 Å². The van der Waals surface area contributed by atoms with Crippen LogP contribution in [0.3, 0.4) is 0 Å². The van der Waals surface area contributed by atoms with Crippen LogP contribution in [0.2, 0.25) is 0 Å². The Balaban J connectivity index is 0.000000221. The van der Waals surface area contributed by atoms with Crippen molar-refractivity contribution in [1.82, 2.24) is 4.98 Å². The standard InChI is InChI=1S/C8H12N2S.C3H8O2/c9-7-2-1-6(5-7)8-10-3-4-11-8;1-3(2,4)5/h3-4,6-7H,1-2,5,9H2;4-5H,1-2H3. The number of thiazole rings is 1. The van der Waals surface area contributed by atoms with Crippen LogP contribution in [0.5, 0.6) is 0 Å². The average molecular weight is 244 g/mol. The highest BCUT2D eigenvalue weighted by Gasteiger charge is 2.24. The van der Waals surface area contributed by atoms with Crippen molar-refractivity contribution in [3.63, 3.8) is 0 Å². The summed E-state index contributed by atoms with van der Waals surface area (Å²) in [5, 5.41) is 19.5. The molecule has 2 atom stereocenters. The molecule has 0 bridgehead atoms. The third-order valence-electron chi connectivity index (χ3n) is 2.27. The number of aliphatic hydroxyl groups is 2. The molecule has 0 amide bonds. The van der Waals surface area contributed by atoms with E-state index in [9.17, 15) is 0 Å². The van der Waals surface area contributed by atoms with Gasteiger partial charge in [-0.3, -0.25) is 0 Å². The van der Waals surface area contributed by atoms with Crippen LogP contribution in [-0.4, -0.2) is 27.0 Å². The van der Waals surface area contributed by atoms with Crippen LogP contribution in [0, 0.1) is 0 Å². The number of hydrogen-bond acceptors (Lipinski definition) is 5. The first-order chi connectivity index (χ1) is 7.36. The van der Waals surface area contributed by atoms with Crippen molar-refractivity contribution in [3.05, 3.63) is 16.6 Å². The van der Waals surface area contributed by atoms with Crippen molar-refractivity contribution < 1.29 is 10.2 Å². The summed E-state index contributed by atoms with van der Waals surface area (Å²) in [6.07, 6.45) is 5.41. The Hall–Kier alpha value is -0.490. The lowest BCUT2D eigenvalue weighted by Crippen LogP contribution is -2.15. The van der Waals surface area contributed by atoms with Gasteiger partial charge in [-0.25, -0.2) is 4.98 Å². The van der Waals surface area contributed by atoms with Gasteiger partial charge in [-0.1, -0.05) is 0 Å². The largest absolute Gasteiger partial charge is 0.366 e. The molecule has 92 valence electrons. The van der Waals surface area contributed by atoms with E-state index in [1.165, 1.54) is 31.7 Å². The second kappa shape index (κ2) is 5.72. The first kappa shape index (κ1) is 13.6. The van der Waals surface area contributed by atoms with Gasteiger partial charge in [-0.05, 0) is 33.1 Å². The van der Waals surface area contributed by atoms with E-state index >= 15 is 0 Å². The monoisotopic (exact) mass is 244 g/mol. The summed E-state index contributed by atoms with van der Waals surface area (Å²) >= 11 is 1.76. The summed E-state index contributed by atoms with van der Waals surface area (Å²) in [5.41, 5.74) is 5.81. The van der Waals surface area contributed by atoms with Gasteiger partial charge in [0.1, 0.15) is 0 Å². The Morgan fingerprint density at radius 2 is 2.06 bits per heavy atom. The van der Waals surface area contributed by atoms with Crippen molar-refractivity contribution in [1.29, 1.82) is 0 Å². The maximum Gasteiger partial charge on any atom is 0.156 e. The topological polar surface area (TPSA) is 79.4 Å². The third kappa shape index (κ3) is 5.55. The smallest absolute Gasteiger partial charge is 0.156 e. The van der Waals surface area contributed by atoms with Gasteiger partial charge in [0, 0.05) is 23.5 Å². The van der Waals surface area contributed by atoms with E-state index in [1.54, 1.807) is 11.3 Å². The third-order valence-corrected chi connectivity index (χ3v) is 3.21.